The normalized spacial score (nSPS) is 17.9. The fourth-order valence-electron chi connectivity index (χ4n) is 2.60. The number of amides is 1. The highest BCUT2D eigenvalue weighted by Gasteiger charge is 2.30. The van der Waals surface area contributed by atoms with Gasteiger partial charge in [-0.25, -0.2) is 0 Å². The molecule has 1 amide bonds. The Bertz CT molecular complexity index is 941. The third-order valence-corrected chi connectivity index (χ3v) is 5.16. The Labute approximate surface area is 166 Å². The van der Waals surface area contributed by atoms with Crippen molar-refractivity contribution >= 4 is 40.4 Å². The predicted octanol–water partition coefficient (Wildman–Crippen LogP) is 2.83. The quantitative estimate of drug-likeness (QED) is 0.459. The monoisotopic (exact) mass is 397 g/mol. The number of nitro benzene ring substituents is 1. The average Bonchev–Trinajstić information content (AvgIpc) is 3.01. The third kappa shape index (κ3) is 4.95. The van der Waals surface area contributed by atoms with E-state index in [1.165, 1.54) is 23.9 Å². The molecular weight excluding hydrogens is 378 g/mol. The van der Waals surface area contributed by atoms with Crippen LogP contribution in [0.3, 0.4) is 0 Å². The molecule has 2 aromatic rings. The largest absolute Gasteiger partial charge is 0.378 e. The van der Waals surface area contributed by atoms with Crippen molar-refractivity contribution in [2.75, 3.05) is 19.0 Å². The summed E-state index contributed by atoms with van der Waals surface area (Å²) in [5.41, 5.74) is 2.73. The summed E-state index contributed by atoms with van der Waals surface area (Å²) in [7, 11) is 3.94. The summed E-state index contributed by atoms with van der Waals surface area (Å²) in [4.78, 5) is 24.6. The Balaban J connectivity index is 1.62. The number of anilines is 1. The van der Waals surface area contributed by atoms with E-state index in [-0.39, 0.29) is 11.6 Å². The Morgan fingerprint density at radius 3 is 2.68 bits per heavy atom. The molecule has 2 aromatic carbocycles. The molecule has 0 unspecified atom stereocenters. The smallest absolute Gasteiger partial charge is 0.269 e. The van der Waals surface area contributed by atoms with E-state index in [1.54, 1.807) is 18.3 Å². The first-order chi connectivity index (χ1) is 13.4. The Morgan fingerprint density at radius 1 is 1.25 bits per heavy atom. The van der Waals surface area contributed by atoms with Gasteiger partial charge < -0.3 is 10.2 Å². The molecule has 1 fully saturated rings. The lowest BCUT2D eigenvalue weighted by molar-refractivity contribution is -0.384. The second kappa shape index (κ2) is 8.66. The van der Waals surface area contributed by atoms with E-state index in [0.29, 0.717) is 11.6 Å². The molecule has 1 aliphatic rings. The van der Waals surface area contributed by atoms with Crippen molar-refractivity contribution in [2.45, 2.75) is 11.7 Å². The van der Waals surface area contributed by atoms with E-state index >= 15 is 0 Å². The van der Waals surface area contributed by atoms with Gasteiger partial charge in [0.2, 0.25) is 5.91 Å². The first-order valence-electron chi connectivity index (χ1n) is 8.51. The summed E-state index contributed by atoms with van der Waals surface area (Å²) < 4.78 is 0. The van der Waals surface area contributed by atoms with Crippen molar-refractivity contribution in [1.82, 2.24) is 5.32 Å². The van der Waals surface area contributed by atoms with Gasteiger partial charge in [0.15, 0.2) is 5.17 Å². The number of nitrogens with zero attached hydrogens (tertiary/aromatic N) is 4. The highest BCUT2D eigenvalue weighted by atomic mass is 32.2. The van der Waals surface area contributed by atoms with E-state index in [1.807, 2.05) is 43.3 Å². The molecule has 28 heavy (non-hydrogen) atoms. The second-order valence-electron chi connectivity index (χ2n) is 6.36. The van der Waals surface area contributed by atoms with Gasteiger partial charge in [-0.15, -0.1) is 5.10 Å². The van der Waals surface area contributed by atoms with Crippen LogP contribution >= 0.6 is 11.8 Å². The SMILES string of the molecule is CN(C)c1ccc(/C=N\N=C2/NC(=O)[C@@H](Cc3cccc([N+](=O)[O-])c3)S2)cc1. The van der Waals surface area contributed by atoms with Crippen molar-refractivity contribution < 1.29 is 9.72 Å². The van der Waals surface area contributed by atoms with E-state index in [0.717, 1.165) is 16.8 Å². The first-order valence-corrected chi connectivity index (χ1v) is 9.39. The van der Waals surface area contributed by atoms with Crippen LogP contribution in [0, 0.1) is 10.1 Å². The summed E-state index contributed by atoms with van der Waals surface area (Å²) in [5.74, 6) is -0.180. The third-order valence-electron chi connectivity index (χ3n) is 4.08. The van der Waals surface area contributed by atoms with Gasteiger partial charge in [0.05, 0.1) is 16.4 Å². The van der Waals surface area contributed by atoms with Gasteiger partial charge in [-0.2, -0.15) is 5.10 Å². The zero-order chi connectivity index (χ0) is 20.1. The van der Waals surface area contributed by atoms with E-state index in [9.17, 15) is 14.9 Å². The maximum atomic E-state index is 12.1. The summed E-state index contributed by atoms with van der Waals surface area (Å²) >= 11 is 1.27. The number of carbonyl (C=O) groups excluding carboxylic acids is 1. The number of hydrogen-bond acceptors (Lipinski definition) is 7. The topological polar surface area (TPSA) is 100 Å². The predicted molar refractivity (Wildman–Crippen MR) is 112 cm³/mol. The van der Waals surface area contributed by atoms with Crippen molar-refractivity contribution in [1.29, 1.82) is 0 Å². The van der Waals surface area contributed by atoms with Crippen LogP contribution in [0.25, 0.3) is 0 Å². The summed E-state index contributed by atoms with van der Waals surface area (Å²) in [6, 6.07) is 14.1. The zero-order valence-corrected chi connectivity index (χ0v) is 16.2. The van der Waals surface area contributed by atoms with Gasteiger partial charge in [-0.05, 0) is 29.7 Å². The van der Waals surface area contributed by atoms with Gasteiger partial charge in [0, 0.05) is 31.9 Å². The summed E-state index contributed by atoms with van der Waals surface area (Å²) in [6.07, 6.45) is 2.00. The van der Waals surface area contributed by atoms with Gasteiger partial charge >= 0.3 is 0 Å². The Kier molecular flexibility index (Phi) is 6.05. The standard InChI is InChI=1S/C19H19N5O3S/c1-23(2)15-8-6-13(7-9-15)12-20-22-19-21-18(25)17(28-19)11-14-4-3-5-16(10-14)24(26)27/h3-10,12,17H,11H2,1-2H3,(H,21,22,25)/b20-12-/t17-/m1/s1. The fraction of sp³-hybridized carbons (Fsp3) is 0.211. The van der Waals surface area contributed by atoms with Crippen molar-refractivity contribution in [3.05, 3.63) is 69.8 Å². The van der Waals surface area contributed by atoms with Gasteiger partial charge in [-0.1, -0.05) is 36.0 Å². The molecule has 144 valence electrons. The molecule has 1 aliphatic heterocycles. The molecule has 0 aromatic heterocycles. The molecule has 9 heteroatoms. The van der Waals surface area contributed by atoms with Crippen LogP contribution in [0.15, 0.2) is 58.7 Å². The minimum Gasteiger partial charge on any atom is -0.378 e. The number of nitro groups is 1. The molecule has 8 nitrogen and oxygen atoms in total. The van der Waals surface area contributed by atoms with Crippen LogP contribution < -0.4 is 10.2 Å². The molecule has 3 rings (SSSR count). The maximum absolute atomic E-state index is 12.1. The van der Waals surface area contributed by atoms with E-state index in [4.69, 9.17) is 0 Å². The van der Waals surface area contributed by atoms with Crippen LogP contribution in [0.4, 0.5) is 11.4 Å². The Morgan fingerprint density at radius 2 is 2.00 bits per heavy atom. The minimum absolute atomic E-state index is 0.0136. The van der Waals surface area contributed by atoms with Crippen LogP contribution in [0.2, 0.25) is 0 Å². The fourth-order valence-corrected chi connectivity index (χ4v) is 3.57. The van der Waals surface area contributed by atoms with Crippen LogP contribution in [-0.4, -0.2) is 41.6 Å². The molecule has 1 heterocycles. The highest BCUT2D eigenvalue weighted by molar-refractivity contribution is 8.15. The van der Waals surface area contributed by atoms with Crippen molar-refractivity contribution in [2.24, 2.45) is 10.2 Å². The molecule has 0 radical (unpaired) electrons. The molecular formula is C19H19N5O3S. The van der Waals surface area contributed by atoms with Crippen molar-refractivity contribution in [3.8, 4) is 0 Å². The number of rotatable bonds is 6. The van der Waals surface area contributed by atoms with Crippen LogP contribution in [-0.2, 0) is 11.2 Å². The number of thioether (sulfide) groups is 1. The summed E-state index contributed by atoms with van der Waals surface area (Å²) in [6.45, 7) is 0. The van der Waals surface area contributed by atoms with Gasteiger partial charge in [-0.3, -0.25) is 14.9 Å². The van der Waals surface area contributed by atoms with Crippen molar-refractivity contribution in [3.63, 3.8) is 0 Å². The summed E-state index contributed by atoms with van der Waals surface area (Å²) in [5, 5.41) is 21.7. The lowest BCUT2D eigenvalue weighted by Gasteiger charge is -2.11. The van der Waals surface area contributed by atoms with E-state index < -0.39 is 10.2 Å². The molecule has 1 atom stereocenters. The first kappa shape index (κ1) is 19.6. The number of hydrogen-bond donors (Lipinski definition) is 1. The molecule has 1 N–H and O–H groups in total. The second-order valence-corrected chi connectivity index (χ2v) is 7.55. The molecule has 0 aliphatic carbocycles. The highest BCUT2D eigenvalue weighted by Crippen LogP contribution is 2.25. The van der Waals surface area contributed by atoms with Crippen LogP contribution in [0.1, 0.15) is 11.1 Å². The molecule has 1 saturated heterocycles. The zero-order valence-electron chi connectivity index (χ0n) is 15.4. The maximum Gasteiger partial charge on any atom is 0.269 e. The van der Waals surface area contributed by atoms with E-state index in [2.05, 4.69) is 15.5 Å². The Hall–Kier alpha value is -3.20. The van der Waals surface area contributed by atoms with Crippen LogP contribution in [0.5, 0.6) is 0 Å². The average molecular weight is 397 g/mol. The number of carbonyl (C=O) groups is 1. The number of nitrogens with one attached hydrogen (secondary N) is 1. The minimum atomic E-state index is -0.446. The van der Waals surface area contributed by atoms with Gasteiger partial charge in [0.1, 0.15) is 0 Å². The number of benzene rings is 2. The lowest BCUT2D eigenvalue weighted by Crippen LogP contribution is -2.25. The lowest BCUT2D eigenvalue weighted by atomic mass is 10.1. The molecule has 0 saturated carbocycles. The number of amidine groups is 1. The molecule has 0 bridgehead atoms. The van der Waals surface area contributed by atoms with Gasteiger partial charge in [0.25, 0.3) is 5.69 Å². The number of non-ortho nitro benzene ring substituents is 1. The molecule has 0 spiro atoms.